The van der Waals surface area contributed by atoms with Crippen LogP contribution >= 0.6 is 0 Å². The molecule has 0 radical (unpaired) electrons. The van der Waals surface area contributed by atoms with E-state index < -0.39 is 17.8 Å². The fourth-order valence-corrected chi connectivity index (χ4v) is 2.51. The number of methoxy groups -OCH3 is 1. The van der Waals surface area contributed by atoms with Gasteiger partial charge in [0.15, 0.2) is 0 Å². The van der Waals surface area contributed by atoms with E-state index in [2.05, 4.69) is 5.32 Å². The van der Waals surface area contributed by atoms with Gasteiger partial charge in [-0.2, -0.15) is 0 Å². The van der Waals surface area contributed by atoms with Crippen LogP contribution < -0.4 is 10.1 Å². The fraction of sp³-hybridized carbons (Fsp3) is 0.429. The molecule has 0 heterocycles. The Labute approximate surface area is 111 Å². The van der Waals surface area contributed by atoms with Gasteiger partial charge >= 0.3 is 5.97 Å². The second-order valence-corrected chi connectivity index (χ2v) is 4.70. The van der Waals surface area contributed by atoms with Crippen molar-refractivity contribution in [2.45, 2.75) is 19.3 Å². The lowest BCUT2D eigenvalue weighted by Crippen LogP contribution is -2.29. The molecule has 5 nitrogen and oxygen atoms in total. The Morgan fingerprint density at radius 3 is 2.74 bits per heavy atom. The molecule has 5 heteroatoms. The average Bonchev–Trinajstić information content (AvgIpc) is 2.88. The lowest BCUT2D eigenvalue weighted by atomic mass is 9.95. The summed E-state index contributed by atoms with van der Waals surface area (Å²) in [5.74, 6) is -1.46. The van der Waals surface area contributed by atoms with Gasteiger partial charge in [-0.15, -0.1) is 0 Å². The van der Waals surface area contributed by atoms with Gasteiger partial charge in [-0.1, -0.05) is 12.5 Å². The van der Waals surface area contributed by atoms with Crippen LogP contribution in [0.5, 0.6) is 5.75 Å². The molecule has 102 valence electrons. The molecule has 0 spiro atoms. The van der Waals surface area contributed by atoms with Crippen LogP contribution in [0.4, 0.5) is 5.69 Å². The SMILES string of the molecule is COc1cccc(NC(=O)[C@@H]2CCC[C@@H]2C(=O)O)c1. The molecule has 19 heavy (non-hydrogen) atoms. The van der Waals surface area contributed by atoms with Crippen molar-refractivity contribution < 1.29 is 19.4 Å². The zero-order chi connectivity index (χ0) is 13.8. The summed E-state index contributed by atoms with van der Waals surface area (Å²) in [6, 6.07) is 7.02. The van der Waals surface area contributed by atoms with Crippen LogP contribution in [0, 0.1) is 11.8 Å². The number of benzene rings is 1. The predicted molar refractivity (Wildman–Crippen MR) is 70.1 cm³/mol. The Bertz CT molecular complexity index is 486. The van der Waals surface area contributed by atoms with Crippen LogP contribution in [0.15, 0.2) is 24.3 Å². The molecule has 1 aliphatic rings. The molecule has 1 fully saturated rings. The van der Waals surface area contributed by atoms with Crippen molar-refractivity contribution in [3.05, 3.63) is 24.3 Å². The maximum Gasteiger partial charge on any atom is 0.307 e. The maximum absolute atomic E-state index is 12.1. The Morgan fingerprint density at radius 1 is 1.32 bits per heavy atom. The molecule has 1 aliphatic carbocycles. The minimum absolute atomic E-state index is 0.224. The first-order chi connectivity index (χ1) is 9.11. The van der Waals surface area contributed by atoms with Crippen molar-refractivity contribution in [1.29, 1.82) is 0 Å². The van der Waals surface area contributed by atoms with E-state index in [1.807, 2.05) is 0 Å². The van der Waals surface area contributed by atoms with Crippen molar-refractivity contribution in [2.24, 2.45) is 11.8 Å². The second kappa shape index (κ2) is 5.73. The Balaban J connectivity index is 2.06. The van der Waals surface area contributed by atoms with E-state index in [1.54, 1.807) is 31.4 Å². The molecule has 0 aliphatic heterocycles. The van der Waals surface area contributed by atoms with Gasteiger partial charge in [-0.05, 0) is 25.0 Å². The number of carboxylic acids is 1. The van der Waals surface area contributed by atoms with Crippen LogP contribution in [-0.4, -0.2) is 24.1 Å². The van der Waals surface area contributed by atoms with E-state index in [9.17, 15) is 9.59 Å². The summed E-state index contributed by atoms with van der Waals surface area (Å²) >= 11 is 0. The van der Waals surface area contributed by atoms with E-state index in [4.69, 9.17) is 9.84 Å². The molecule has 1 aromatic rings. The van der Waals surface area contributed by atoms with Crippen molar-refractivity contribution in [3.63, 3.8) is 0 Å². The van der Waals surface area contributed by atoms with Gasteiger partial charge in [0.25, 0.3) is 0 Å². The third-order valence-electron chi connectivity index (χ3n) is 3.51. The number of nitrogens with one attached hydrogen (secondary N) is 1. The number of anilines is 1. The summed E-state index contributed by atoms with van der Waals surface area (Å²) in [5.41, 5.74) is 0.625. The van der Waals surface area contributed by atoms with Crippen molar-refractivity contribution in [2.75, 3.05) is 12.4 Å². The Morgan fingerprint density at radius 2 is 2.05 bits per heavy atom. The normalized spacial score (nSPS) is 21.9. The third-order valence-corrected chi connectivity index (χ3v) is 3.51. The van der Waals surface area contributed by atoms with Crippen molar-refractivity contribution >= 4 is 17.6 Å². The van der Waals surface area contributed by atoms with Crippen LogP contribution in [0.25, 0.3) is 0 Å². The Kier molecular flexibility index (Phi) is 4.04. The summed E-state index contributed by atoms with van der Waals surface area (Å²) in [7, 11) is 1.55. The third kappa shape index (κ3) is 3.05. The quantitative estimate of drug-likeness (QED) is 0.872. The van der Waals surface area contributed by atoms with Gasteiger partial charge in [0.2, 0.25) is 5.91 Å². The molecule has 1 amide bonds. The highest BCUT2D eigenvalue weighted by atomic mass is 16.5. The predicted octanol–water partition coefficient (Wildman–Crippen LogP) is 2.13. The Hall–Kier alpha value is -2.04. The number of carboxylic acid groups (broad SMARTS) is 1. The fourth-order valence-electron chi connectivity index (χ4n) is 2.51. The highest BCUT2D eigenvalue weighted by Crippen LogP contribution is 2.33. The molecule has 0 bridgehead atoms. The summed E-state index contributed by atoms with van der Waals surface area (Å²) in [6.07, 6.45) is 1.99. The number of amides is 1. The standard InChI is InChI=1S/C14H17NO4/c1-19-10-5-2-4-9(8-10)15-13(16)11-6-3-7-12(11)14(17)18/h2,4-5,8,11-12H,3,6-7H2,1H3,(H,15,16)(H,17,18)/t11-,12+/m1/s1. The summed E-state index contributed by atoms with van der Waals surface area (Å²) in [6.45, 7) is 0. The van der Waals surface area contributed by atoms with Crippen molar-refractivity contribution in [1.82, 2.24) is 0 Å². The molecular weight excluding hydrogens is 246 g/mol. The molecule has 0 unspecified atom stereocenters. The maximum atomic E-state index is 12.1. The van der Waals surface area contributed by atoms with Gasteiger partial charge in [-0.25, -0.2) is 0 Å². The minimum atomic E-state index is -0.886. The highest BCUT2D eigenvalue weighted by Gasteiger charge is 2.37. The van der Waals surface area contributed by atoms with Gasteiger partial charge < -0.3 is 15.2 Å². The summed E-state index contributed by atoms with van der Waals surface area (Å²) in [5, 5.41) is 11.8. The second-order valence-electron chi connectivity index (χ2n) is 4.70. The van der Waals surface area contributed by atoms with E-state index in [0.717, 1.165) is 6.42 Å². The van der Waals surface area contributed by atoms with Crippen LogP contribution in [0.3, 0.4) is 0 Å². The van der Waals surface area contributed by atoms with E-state index in [-0.39, 0.29) is 5.91 Å². The number of carbonyl (C=O) groups excluding carboxylic acids is 1. The first-order valence-corrected chi connectivity index (χ1v) is 6.29. The number of rotatable bonds is 4. The first kappa shape index (κ1) is 13.4. The molecule has 1 saturated carbocycles. The van der Waals surface area contributed by atoms with Gasteiger partial charge in [0, 0.05) is 11.8 Å². The molecular formula is C14H17NO4. The smallest absolute Gasteiger partial charge is 0.307 e. The molecule has 1 aromatic carbocycles. The van der Waals surface area contributed by atoms with Gasteiger partial charge in [0.1, 0.15) is 5.75 Å². The van der Waals surface area contributed by atoms with Crippen LogP contribution in [0.1, 0.15) is 19.3 Å². The summed E-state index contributed by atoms with van der Waals surface area (Å²) < 4.78 is 5.08. The number of hydrogen-bond acceptors (Lipinski definition) is 3. The molecule has 2 atom stereocenters. The van der Waals surface area contributed by atoms with E-state index in [0.29, 0.717) is 24.3 Å². The van der Waals surface area contributed by atoms with Crippen molar-refractivity contribution in [3.8, 4) is 5.75 Å². The lowest BCUT2D eigenvalue weighted by Gasteiger charge is -2.15. The highest BCUT2D eigenvalue weighted by molar-refractivity contribution is 5.95. The van der Waals surface area contributed by atoms with Gasteiger partial charge in [-0.3, -0.25) is 9.59 Å². The molecule has 0 aromatic heterocycles. The topological polar surface area (TPSA) is 75.6 Å². The average molecular weight is 263 g/mol. The molecule has 2 N–H and O–H groups in total. The number of aliphatic carboxylic acids is 1. The van der Waals surface area contributed by atoms with Gasteiger partial charge in [0.05, 0.1) is 18.9 Å². The van der Waals surface area contributed by atoms with Crippen LogP contribution in [-0.2, 0) is 9.59 Å². The zero-order valence-corrected chi connectivity index (χ0v) is 10.8. The number of ether oxygens (including phenoxy) is 1. The van der Waals surface area contributed by atoms with E-state index in [1.165, 1.54) is 0 Å². The zero-order valence-electron chi connectivity index (χ0n) is 10.8. The monoisotopic (exact) mass is 263 g/mol. The molecule has 2 rings (SSSR count). The molecule has 0 saturated heterocycles. The van der Waals surface area contributed by atoms with Crippen LogP contribution in [0.2, 0.25) is 0 Å². The largest absolute Gasteiger partial charge is 0.497 e. The van der Waals surface area contributed by atoms with E-state index >= 15 is 0 Å². The first-order valence-electron chi connectivity index (χ1n) is 6.29. The number of hydrogen-bond donors (Lipinski definition) is 2. The summed E-state index contributed by atoms with van der Waals surface area (Å²) in [4.78, 5) is 23.2. The minimum Gasteiger partial charge on any atom is -0.497 e. The lowest BCUT2D eigenvalue weighted by molar-refractivity contribution is -0.145. The number of carbonyl (C=O) groups is 2.